The van der Waals surface area contributed by atoms with E-state index >= 15 is 0 Å². The van der Waals surface area contributed by atoms with E-state index in [2.05, 4.69) is 33.2 Å². The molecular weight excluding hydrogens is 563 g/mol. The first kappa shape index (κ1) is 24.4. The highest BCUT2D eigenvalue weighted by atomic mass is 79.9. The number of aryl methyl sites for hydroxylation is 1. The Morgan fingerprint density at radius 3 is 2.44 bits per heavy atom. The van der Waals surface area contributed by atoms with Crippen molar-refractivity contribution in [2.24, 2.45) is 0 Å². The number of nitrogens with zero attached hydrogens (tertiary/aromatic N) is 1. The van der Waals surface area contributed by atoms with Gasteiger partial charge in [-0.2, -0.15) is 0 Å². The molecule has 5 aromatic rings. The molecule has 0 saturated carbocycles. The maximum absolute atomic E-state index is 12.4. The molecule has 0 aliphatic rings. The summed E-state index contributed by atoms with van der Waals surface area (Å²) in [7, 11) is 0. The Morgan fingerprint density at radius 1 is 0.972 bits per heavy atom. The molecule has 0 aliphatic heterocycles. The normalized spacial score (nSPS) is 11.4. The molecule has 1 amide bonds. The zero-order valence-electron chi connectivity index (χ0n) is 19.0. The summed E-state index contributed by atoms with van der Waals surface area (Å²) < 4.78 is 12.6. The summed E-state index contributed by atoms with van der Waals surface area (Å²) in [5.41, 5.74) is 4.91. The van der Waals surface area contributed by atoms with Crippen molar-refractivity contribution in [3.05, 3.63) is 98.6 Å². The number of nitrogens with one attached hydrogen (secondary N) is 1. The van der Waals surface area contributed by atoms with Gasteiger partial charge in [0, 0.05) is 32.9 Å². The number of aromatic nitrogens is 1. The molecule has 5 rings (SSSR count). The van der Waals surface area contributed by atoms with Gasteiger partial charge in [-0.25, -0.2) is 4.98 Å². The van der Waals surface area contributed by atoms with E-state index in [1.165, 1.54) is 11.6 Å². The molecule has 5 nitrogen and oxygen atoms in total. The van der Waals surface area contributed by atoms with Gasteiger partial charge < -0.3 is 14.2 Å². The van der Waals surface area contributed by atoms with E-state index in [1.54, 1.807) is 48.5 Å². The van der Waals surface area contributed by atoms with Crippen LogP contribution in [0.4, 0.5) is 5.69 Å². The number of halogens is 3. The van der Waals surface area contributed by atoms with E-state index in [9.17, 15) is 4.79 Å². The number of fused-ring (bicyclic) bond motifs is 1. The number of benzene rings is 3. The molecule has 8 heteroatoms. The largest absolute Gasteiger partial charge is 0.457 e. The fourth-order valence-electron chi connectivity index (χ4n) is 3.71. The van der Waals surface area contributed by atoms with Gasteiger partial charge >= 0.3 is 0 Å². The monoisotopic (exact) mass is 580 g/mol. The summed E-state index contributed by atoms with van der Waals surface area (Å²) >= 11 is 15.7. The SMILES string of the molecule is CCc1cc(Br)c2oc(-c3ccc(NC(=O)/C=C/c4ccc(-c5cc(Cl)cc(Cl)c5)o4)cc3)nc2c1. The first-order valence-corrected chi connectivity index (χ1v) is 12.7. The molecule has 0 fully saturated rings. The second-order valence-electron chi connectivity index (χ2n) is 8.06. The van der Waals surface area contributed by atoms with Gasteiger partial charge in [0.1, 0.15) is 17.0 Å². The van der Waals surface area contributed by atoms with E-state index in [4.69, 9.17) is 32.0 Å². The van der Waals surface area contributed by atoms with Crippen LogP contribution in [-0.2, 0) is 11.2 Å². The van der Waals surface area contributed by atoms with Crippen LogP contribution >= 0.6 is 39.1 Å². The number of furan rings is 1. The molecule has 0 spiro atoms. The Bertz CT molecular complexity index is 1580. The molecule has 0 bridgehead atoms. The second kappa shape index (κ2) is 10.3. The molecule has 0 unspecified atom stereocenters. The van der Waals surface area contributed by atoms with Crippen LogP contribution in [0.3, 0.4) is 0 Å². The molecule has 1 N–H and O–H groups in total. The van der Waals surface area contributed by atoms with Crippen LogP contribution in [0.2, 0.25) is 10.0 Å². The highest BCUT2D eigenvalue weighted by Gasteiger charge is 2.12. The first-order chi connectivity index (χ1) is 17.4. The maximum atomic E-state index is 12.4. The van der Waals surface area contributed by atoms with Gasteiger partial charge in [-0.15, -0.1) is 0 Å². The van der Waals surface area contributed by atoms with Gasteiger partial charge in [0.15, 0.2) is 5.58 Å². The predicted octanol–water partition coefficient (Wildman–Crippen LogP) is 9.04. The molecule has 2 heterocycles. The highest BCUT2D eigenvalue weighted by Crippen LogP contribution is 2.32. The van der Waals surface area contributed by atoms with Crippen molar-refractivity contribution in [3.8, 4) is 22.8 Å². The molecule has 36 heavy (non-hydrogen) atoms. The smallest absolute Gasteiger partial charge is 0.248 e. The minimum Gasteiger partial charge on any atom is -0.457 e. The van der Waals surface area contributed by atoms with Crippen molar-refractivity contribution in [2.75, 3.05) is 5.32 Å². The average molecular weight is 582 g/mol. The minimum atomic E-state index is -0.288. The Hall–Kier alpha value is -3.32. The topological polar surface area (TPSA) is 68.3 Å². The Morgan fingerprint density at radius 2 is 1.72 bits per heavy atom. The fourth-order valence-corrected chi connectivity index (χ4v) is 4.81. The number of amides is 1. The van der Waals surface area contributed by atoms with Crippen LogP contribution in [0.15, 0.2) is 86.1 Å². The van der Waals surface area contributed by atoms with Gasteiger partial charge in [-0.05, 0) is 101 Å². The number of carbonyl (C=O) groups is 1. The molecular formula is C28H19BrCl2N2O3. The van der Waals surface area contributed by atoms with Gasteiger partial charge in [-0.1, -0.05) is 30.1 Å². The van der Waals surface area contributed by atoms with Crippen LogP contribution in [-0.4, -0.2) is 10.9 Å². The molecule has 0 saturated heterocycles. The van der Waals surface area contributed by atoms with Crippen LogP contribution in [0.5, 0.6) is 0 Å². The van der Waals surface area contributed by atoms with E-state index in [0.717, 1.165) is 27.5 Å². The average Bonchev–Trinajstić information content (AvgIpc) is 3.50. The molecule has 2 aromatic heterocycles. The zero-order valence-corrected chi connectivity index (χ0v) is 22.1. The maximum Gasteiger partial charge on any atom is 0.248 e. The minimum absolute atomic E-state index is 0.288. The number of hydrogen-bond donors (Lipinski definition) is 1. The van der Waals surface area contributed by atoms with E-state index in [1.807, 2.05) is 24.3 Å². The summed E-state index contributed by atoms with van der Waals surface area (Å²) in [6.45, 7) is 2.10. The second-order valence-corrected chi connectivity index (χ2v) is 9.79. The summed E-state index contributed by atoms with van der Waals surface area (Å²) in [6.07, 6.45) is 3.92. The van der Waals surface area contributed by atoms with Gasteiger partial charge in [0.2, 0.25) is 11.8 Å². The van der Waals surface area contributed by atoms with Crippen LogP contribution in [0.25, 0.3) is 40.0 Å². The number of oxazole rings is 1. The fraction of sp³-hybridized carbons (Fsp3) is 0.0714. The Labute approximate surface area is 225 Å². The summed E-state index contributed by atoms with van der Waals surface area (Å²) in [5.74, 6) is 1.36. The molecule has 0 radical (unpaired) electrons. The highest BCUT2D eigenvalue weighted by molar-refractivity contribution is 9.10. The lowest BCUT2D eigenvalue weighted by molar-refractivity contribution is -0.111. The van der Waals surface area contributed by atoms with E-state index in [0.29, 0.717) is 38.7 Å². The van der Waals surface area contributed by atoms with Crippen molar-refractivity contribution >= 4 is 67.9 Å². The third kappa shape index (κ3) is 5.41. The van der Waals surface area contributed by atoms with Crippen molar-refractivity contribution in [2.45, 2.75) is 13.3 Å². The number of hydrogen-bond acceptors (Lipinski definition) is 4. The van der Waals surface area contributed by atoms with E-state index in [-0.39, 0.29) is 5.91 Å². The lowest BCUT2D eigenvalue weighted by Crippen LogP contribution is -2.07. The Balaban J connectivity index is 1.25. The van der Waals surface area contributed by atoms with Crippen LogP contribution < -0.4 is 5.32 Å². The van der Waals surface area contributed by atoms with Crippen molar-refractivity contribution < 1.29 is 13.6 Å². The van der Waals surface area contributed by atoms with Gasteiger partial charge in [0.25, 0.3) is 0 Å². The zero-order chi connectivity index (χ0) is 25.2. The van der Waals surface area contributed by atoms with Crippen molar-refractivity contribution in [3.63, 3.8) is 0 Å². The third-order valence-corrected chi connectivity index (χ3v) is 6.51. The molecule has 0 atom stereocenters. The number of anilines is 1. The first-order valence-electron chi connectivity index (χ1n) is 11.1. The van der Waals surface area contributed by atoms with Crippen molar-refractivity contribution in [1.29, 1.82) is 0 Å². The molecule has 180 valence electrons. The Kier molecular flexibility index (Phi) is 7.01. The third-order valence-electron chi connectivity index (χ3n) is 5.48. The quantitative estimate of drug-likeness (QED) is 0.203. The van der Waals surface area contributed by atoms with Gasteiger partial charge in [0.05, 0.1) is 4.47 Å². The lowest BCUT2D eigenvalue weighted by Gasteiger charge is -2.02. The summed E-state index contributed by atoms with van der Waals surface area (Å²) in [4.78, 5) is 17.0. The van der Waals surface area contributed by atoms with Crippen LogP contribution in [0.1, 0.15) is 18.2 Å². The number of carbonyl (C=O) groups excluding carboxylic acids is 1. The van der Waals surface area contributed by atoms with E-state index < -0.39 is 0 Å². The van der Waals surface area contributed by atoms with Gasteiger partial charge in [-0.3, -0.25) is 4.79 Å². The lowest BCUT2D eigenvalue weighted by atomic mass is 10.1. The molecule has 0 aliphatic carbocycles. The standard InChI is InChI=1S/C28H19BrCl2N2O3/c1-2-16-11-23(29)27-24(12-16)33-28(36-27)17-3-5-21(6-4-17)32-26(34)10-8-22-7-9-25(35-22)18-13-19(30)15-20(31)14-18/h3-15H,2H2,1H3,(H,32,34)/b10-8+. The summed E-state index contributed by atoms with van der Waals surface area (Å²) in [6, 6.07) is 20.1. The van der Waals surface area contributed by atoms with Crippen molar-refractivity contribution in [1.82, 2.24) is 4.98 Å². The predicted molar refractivity (Wildman–Crippen MR) is 148 cm³/mol. The van der Waals surface area contributed by atoms with Crippen LogP contribution in [0, 0.1) is 0 Å². The number of rotatable bonds is 6. The summed E-state index contributed by atoms with van der Waals surface area (Å²) in [5, 5.41) is 3.87. The molecule has 3 aromatic carbocycles.